The molecule has 1 aliphatic heterocycles. The van der Waals surface area contributed by atoms with E-state index >= 15 is 0 Å². The van der Waals surface area contributed by atoms with Gasteiger partial charge < -0.3 is 4.74 Å². The van der Waals surface area contributed by atoms with E-state index in [4.69, 9.17) is 10.00 Å². The highest BCUT2D eigenvalue weighted by Gasteiger charge is 2.20. The molecule has 0 saturated carbocycles. The number of hydrogen-bond acceptors (Lipinski definition) is 3. The lowest BCUT2D eigenvalue weighted by Gasteiger charge is -2.25. The van der Waals surface area contributed by atoms with Crippen LogP contribution in [0.15, 0.2) is 0 Å². The number of ether oxygens (including phenoxy) is 1. The molecule has 0 aromatic heterocycles. The lowest BCUT2D eigenvalue weighted by Crippen LogP contribution is -2.37. The predicted molar refractivity (Wildman–Crippen MR) is 51.2 cm³/mol. The van der Waals surface area contributed by atoms with E-state index in [1.54, 1.807) is 0 Å². The van der Waals surface area contributed by atoms with Crippen molar-refractivity contribution in [3.05, 3.63) is 0 Å². The van der Waals surface area contributed by atoms with Gasteiger partial charge in [0.25, 0.3) is 0 Å². The molecule has 0 N–H and O–H groups in total. The average Bonchev–Trinajstić information content (AvgIpc) is 2.32. The highest BCUT2D eigenvalue weighted by Crippen LogP contribution is 2.11. The molecule has 3 nitrogen and oxygen atoms in total. The highest BCUT2D eigenvalue weighted by molar-refractivity contribution is 4.91. The Hall–Kier alpha value is -0.590. The first kappa shape index (κ1) is 10.5. The summed E-state index contributed by atoms with van der Waals surface area (Å²) in [5, 5.41) is 8.92. The molecule has 1 saturated heterocycles. The molecule has 2 unspecified atom stereocenters. The molecular weight excluding hydrogens is 164 g/mol. The van der Waals surface area contributed by atoms with Gasteiger partial charge in [0, 0.05) is 13.1 Å². The van der Waals surface area contributed by atoms with Gasteiger partial charge in [-0.1, -0.05) is 13.8 Å². The summed E-state index contributed by atoms with van der Waals surface area (Å²) in [6.45, 7) is 7.72. The molecule has 0 bridgehead atoms. The van der Waals surface area contributed by atoms with Crippen molar-refractivity contribution in [3.63, 3.8) is 0 Å². The van der Waals surface area contributed by atoms with Crippen molar-refractivity contribution in [3.8, 4) is 6.07 Å². The summed E-state index contributed by atoms with van der Waals surface area (Å²) < 4.78 is 5.43. The molecule has 0 aromatic rings. The zero-order chi connectivity index (χ0) is 9.68. The molecule has 74 valence electrons. The van der Waals surface area contributed by atoms with Crippen LogP contribution in [0.2, 0.25) is 0 Å². The second-order valence-corrected chi connectivity index (χ2v) is 3.73. The maximum atomic E-state index is 8.92. The maximum Gasteiger partial charge on any atom is 0.0976 e. The van der Waals surface area contributed by atoms with Crippen LogP contribution >= 0.6 is 0 Å². The third-order valence-electron chi connectivity index (χ3n) is 2.45. The smallest absolute Gasteiger partial charge is 0.0976 e. The molecule has 0 aliphatic carbocycles. The Balaban J connectivity index is 2.51. The monoisotopic (exact) mass is 182 g/mol. The Labute approximate surface area is 80.3 Å². The third-order valence-corrected chi connectivity index (χ3v) is 2.45. The SMILES string of the molecule is CCC(C#N)N1CCOCC(C)C1. The van der Waals surface area contributed by atoms with Crippen LogP contribution in [0.25, 0.3) is 0 Å². The highest BCUT2D eigenvalue weighted by atomic mass is 16.5. The number of nitrogens with zero attached hydrogens (tertiary/aromatic N) is 2. The molecular formula is C10H18N2O. The minimum atomic E-state index is 0.0733. The molecule has 1 heterocycles. The van der Waals surface area contributed by atoms with Crippen LogP contribution in [0.5, 0.6) is 0 Å². The fraction of sp³-hybridized carbons (Fsp3) is 0.900. The molecule has 0 spiro atoms. The van der Waals surface area contributed by atoms with Crippen LogP contribution in [-0.2, 0) is 4.74 Å². The second kappa shape index (κ2) is 5.21. The van der Waals surface area contributed by atoms with E-state index < -0.39 is 0 Å². The van der Waals surface area contributed by atoms with Gasteiger partial charge in [-0.05, 0) is 12.3 Å². The van der Waals surface area contributed by atoms with Crippen molar-refractivity contribution in [1.82, 2.24) is 4.90 Å². The van der Waals surface area contributed by atoms with Gasteiger partial charge in [-0.2, -0.15) is 5.26 Å². The van der Waals surface area contributed by atoms with Crippen LogP contribution in [-0.4, -0.2) is 37.2 Å². The van der Waals surface area contributed by atoms with Crippen LogP contribution in [0, 0.1) is 17.2 Å². The van der Waals surface area contributed by atoms with Crippen LogP contribution in [0.1, 0.15) is 20.3 Å². The van der Waals surface area contributed by atoms with E-state index in [0.29, 0.717) is 5.92 Å². The Kier molecular flexibility index (Phi) is 4.20. The van der Waals surface area contributed by atoms with Gasteiger partial charge in [0.2, 0.25) is 0 Å². The van der Waals surface area contributed by atoms with Crippen molar-refractivity contribution < 1.29 is 4.74 Å². The molecule has 2 atom stereocenters. The normalized spacial score (nSPS) is 27.6. The summed E-state index contributed by atoms with van der Waals surface area (Å²) in [6, 6.07) is 2.41. The van der Waals surface area contributed by atoms with E-state index in [1.165, 1.54) is 0 Å². The summed E-state index contributed by atoms with van der Waals surface area (Å²) in [5.41, 5.74) is 0. The van der Waals surface area contributed by atoms with Gasteiger partial charge in [-0.3, -0.25) is 4.90 Å². The lowest BCUT2D eigenvalue weighted by molar-refractivity contribution is 0.124. The van der Waals surface area contributed by atoms with Crippen LogP contribution in [0.3, 0.4) is 0 Å². The van der Waals surface area contributed by atoms with Gasteiger partial charge in [0.1, 0.15) is 0 Å². The van der Waals surface area contributed by atoms with E-state index in [0.717, 1.165) is 32.7 Å². The lowest BCUT2D eigenvalue weighted by atomic mass is 10.1. The van der Waals surface area contributed by atoms with Gasteiger partial charge in [0.15, 0.2) is 0 Å². The van der Waals surface area contributed by atoms with E-state index in [-0.39, 0.29) is 6.04 Å². The molecule has 0 radical (unpaired) electrons. The number of hydrogen-bond donors (Lipinski definition) is 0. The Morgan fingerprint density at radius 2 is 2.46 bits per heavy atom. The molecule has 3 heteroatoms. The Morgan fingerprint density at radius 3 is 3.08 bits per heavy atom. The van der Waals surface area contributed by atoms with Crippen molar-refractivity contribution in [1.29, 1.82) is 5.26 Å². The quantitative estimate of drug-likeness (QED) is 0.645. The fourth-order valence-electron chi connectivity index (χ4n) is 1.72. The molecule has 0 aromatic carbocycles. The van der Waals surface area contributed by atoms with Gasteiger partial charge >= 0.3 is 0 Å². The fourth-order valence-corrected chi connectivity index (χ4v) is 1.72. The van der Waals surface area contributed by atoms with Gasteiger partial charge in [-0.25, -0.2) is 0 Å². The van der Waals surface area contributed by atoms with Crippen LogP contribution in [0.4, 0.5) is 0 Å². The van der Waals surface area contributed by atoms with Crippen molar-refractivity contribution in [2.75, 3.05) is 26.3 Å². The summed E-state index contributed by atoms with van der Waals surface area (Å²) >= 11 is 0. The Bertz CT molecular complexity index is 188. The first-order valence-electron chi connectivity index (χ1n) is 4.99. The zero-order valence-corrected chi connectivity index (χ0v) is 8.49. The zero-order valence-electron chi connectivity index (χ0n) is 8.49. The summed E-state index contributed by atoms with van der Waals surface area (Å²) in [7, 11) is 0. The standard InChI is InChI=1S/C10H18N2O/c1-3-10(6-11)12-4-5-13-8-9(2)7-12/h9-10H,3-5,7-8H2,1-2H3. The Morgan fingerprint density at radius 1 is 1.69 bits per heavy atom. The maximum absolute atomic E-state index is 8.92. The minimum Gasteiger partial charge on any atom is -0.380 e. The molecule has 1 fully saturated rings. The predicted octanol–water partition coefficient (Wildman–Crippen LogP) is 1.26. The molecule has 1 aliphatic rings. The van der Waals surface area contributed by atoms with Gasteiger partial charge in [0.05, 0.1) is 25.3 Å². The number of rotatable bonds is 2. The number of nitriles is 1. The molecule has 13 heavy (non-hydrogen) atoms. The first-order valence-corrected chi connectivity index (χ1v) is 4.99. The largest absolute Gasteiger partial charge is 0.380 e. The van der Waals surface area contributed by atoms with Crippen molar-refractivity contribution in [2.45, 2.75) is 26.3 Å². The summed E-state index contributed by atoms with van der Waals surface area (Å²) in [5.74, 6) is 0.546. The van der Waals surface area contributed by atoms with E-state index in [9.17, 15) is 0 Å². The van der Waals surface area contributed by atoms with Crippen LogP contribution < -0.4 is 0 Å². The van der Waals surface area contributed by atoms with Crippen molar-refractivity contribution in [2.24, 2.45) is 5.92 Å². The topological polar surface area (TPSA) is 36.3 Å². The third kappa shape index (κ3) is 2.98. The average molecular weight is 182 g/mol. The molecule has 1 rings (SSSR count). The van der Waals surface area contributed by atoms with E-state index in [1.807, 2.05) is 0 Å². The summed E-state index contributed by atoms with van der Waals surface area (Å²) in [6.07, 6.45) is 0.906. The van der Waals surface area contributed by atoms with Crippen molar-refractivity contribution >= 4 is 0 Å². The van der Waals surface area contributed by atoms with E-state index in [2.05, 4.69) is 24.8 Å². The minimum absolute atomic E-state index is 0.0733. The summed E-state index contributed by atoms with van der Waals surface area (Å²) in [4.78, 5) is 2.23. The first-order chi connectivity index (χ1) is 6.27. The van der Waals surface area contributed by atoms with Gasteiger partial charge in [-0.15, -0.1) is 0 Å². The second-order valence-electron chi connectivity index (χ2n) is 3.73. The molecule has 0 amide bonds.